The molecule has 0 saturated heterocycles. The number of nitrogens with one attached hydrogen (secondary N) is 1. The van der Waals surface area contributed by atoms with Gasteiger partial charge in [0, 0.05) is 6.04 Å². The molecule has 0 radical (unpaired) electrons. The lowest BCUT2D eigenvalue weighted by atomic mass is 10.0. The van der Waals surface area contributed by atoms with Crippen molar-refractivity contribution in [2.75, 3.05) is 5.32 Å². The van der Waals surface area contributed by atoms with Crippen LogP contribution in [0.1, 0.15) is 29.7 Å². The number of benzene rings is 2. The van der Waals surface area contributed by atoms with Gasteiger partial charge in [-0.05, 0) is 43.2 Å². The first kappa shape index (κ1) is 14.4. The van der Waals surface area contributed by atoms with E-state index in [0.29, 0.717) is 21.8 Å². The summed E-state index contributed by atoms with van der Waals surface area (Å²) in [5, 5.41) is 12.7. The smallest absolute Gasteiger partial charge is 0.126 e. The SMILES string of the molecule is Cc1ccc(C(C)Nc2cccc(Cl)c2C#N)cc1F. The Morgan fingerprint density at radius 1 is 1.30 bits per heavy atom. The summed E-state index contributed by atoms with van der Waals surface area (Å²) in [6.45, 7) is 3.63. The summed E-state index contributed by atoms with van der Waals surface area (Å²) in [6.07, 6.45) is 0. The minimum Gasteiger partial charge on any atom is -0.377 e. The summed E-state index contributed by atoms with van der Waals surface area (Å²) in [7, 11) is 0. The zero-order chi connectivity index (χ0) is 14.7. The highest BCUT2D eigenvalue weighted by Crippen LogP contribution is 2.27. The fourth-order valence-corrected chi connectivity index (χ4v) is 2.17. The number of aryl methyl sites for hydroxylation is 1. The van der Waals surface area contributed by atoms with Crippen molar-refractivity contribution < 1.29 is 4.39 Å². The number of hydrogen-bond donors (Lipinski definition) is 1. The Kier molecular flexibility index (Phi) is 4.26. The van der Waals surface area contributed by atoms with Crippen LogP contribution >= 0.6 is 11.6 Å². The molecule has 2 nitrogen and oxygen atoms in total. The van der Waals surface area contributed by atoms with Crippen molar-refractivity contribution in [2.24, 2.45) is 0 Å². The average molecular weight is 289 g/mol. The molecule has 2 rings (SSSR count). The Morgan fingerprint density at radius 3 is 2.70 bits per heavy atom. The highest BCUT2D eigenvalue weighted by Gasteiger charge is 2.11. The van der Waals surface area contributed by atoms with Crippen molar-refractivity contribution in [3.8, 4) is 6.07 Å². The third-order valence-electron chi connectivity index (χ3n) is 3.19. The first-order chi connectivity index (χ1) is 9.52. The predicted octanol–water partition coefficient (Wildman–Crippen LogP) is 4.83. The molecule has 0 spiro atoms. The molecule has 20 heavy (non-hydrogen) atoms. The molecule has 1 N–H and O–H groups in total. The summed E-state index contributed by atoms with van der Waals surface area (Å²) >= 11 is 5.98. The molecule has 0 aliphatic rings. The Hall–Kier alpha value is -2.05. The molecular weight excluding hydrogens is 275 g/mol. The number of nitriles is 1. The second kappa shape index (κ2) is 5.94. The number of hydrogen-bond acceptors (Lipinski definition) is 2. The Labute approximate surface area is 122 Å². The van der Waals surface area contributed by atoms with E-state index in [-0.39, 0.29) is 11.9 Å². The quantitative estimate of drug-likeness (QED) is 0.878. The first-order valence-electron chi connectivity index (χ1n) is 6.24. The van der Waals surface area contributed by atoms with Gasteiger partial charge in [-0.25, -0.2) is 4.39 Å². The highest BCUT2D eigenvalue weighted by molar-refractivity contribution is 6.32. The third-order valence-corrected chi connectivity index (χ3v) is 3.51. The number of rotatable bonds is 3. The van der Waals surface area contributed by atoms with Gasteiger partial charge in [0.2, 0.25) is 0 Å². The monoisotopic (exact) mass is 288 g/mol. The van der Waals surface area contributed by atoms with Gasteiger partial charge in [-0.3, -0.25) is 0 Å². The van der Waals surface area contributed by atoms with Crippen LogP contribution in [0.4, 0.5) is 10.1 Å². The third kappa shape index (κ3) is 2.92. The molecule has 2 aromatic rings. The van der Waals surface area contributed by atoms with Gasteiger partial charge >= 0.3 is 0 Å². The van der Waals surface area contributed by atoms with Gasteiger partial charge in [0.25, 0.3) is 0 Å². The van der Waals surface area contributed by atoms with Crippen LogP contribution in [0, 0.1) is 24.1 Å². The average Bonchev–Trinajstić information content (AvgIpc) is 2.42. The van der Waals surface area contributed by atoms with Crippen molar-refractivity contribution >= 4 is 17.3 Å². The van der Waals surface area contributed by atoms with E-state index in [1.807, 2.05) is 13.0 Å². The number of anilines is 1. The van der Waals surface area contributed by atoms with Crippen LogP contribution in [-0.4, -0.2) is 0 Å². The number of nitrogens with zero attached hydrogens (tertiary/aromatic N) is 1. The summed E-state index contributed by atoms with van der Waals surface area (Å²) in [5.41, 5.74) is 2.47. The van der Waals surface area contributed by atoms with Crippen molar-refractivity contribution in [2.45, 2.75) is 19.9 Å². The van der Waals surface area contributed by atoms with Crippen LogP contribution in [0.25, 0.3) is 0 Å². The van der Waals surface area contributed by atoms with Crippen molar-refractivity contribution in [3.05, 3.63) is 63.9 Å². The first-order valence-corrected chi connectivity index (χ1v) is 6.62. The predicted molar refractivity (Wildman–Crippen MR) is 79.3 cm³/mol. The summed E-state index contributed by atoms with van der Waals surface area (Å²) in [6, 6.07) is 12.3. The van der Waals surface area contributed by atoms with Crippen LogP contribution < -0.4 is 5.32 Å². The van der Waals surface area contributed by atoms with E-state index in [1.165, 1.54) is 6.07 Å². The molecule has 0 fully saturated rings. The molecule has 0 aromatic heterocycles. The second-order valence-electron chi connectivity index (χ2n) is 4.65. The lowest BCUT2D eigenvalue weighted by Crippen LogP contribution is -2.08. The molecule has 0 aliphatic carbocycles. The van der Waals surface area contributed by atoms with Gasteiger partial charge in [0.15, 0.2) is 0 Å². The molecular formula is C16H14ClFN2. The van der Waals surface area contributed by atoms with Crippen LogP contribution in [-0.2, 0) is 0 Å². The zero-order valence-corrected chi connectivity index (χ0v) is 12.0. The molecule has 1 atom stereocenters. The highest BCUT2D eigenvalue weighted by atomic mass is 35.5. The van der Waals surface area contributed by atoms with Crippen molar-refractivity contribution in [1.29, 1.82) is 5.26 Å². The molecule has 2 aromatic carbocycles. The van der Waals surface area contributed by atoms with Gasteiger partial charge in [-0.2, -0.15) is 5.26 Å². The van der Waals surface area contributed by atoms with E-state index in [9.17, 15) is 4.39 Å². The number of halogens is 2. The lowest BCUT2D eigenvalue weighted by molar-refractivity contribution is 0.614. The molecule has 0 saturated carbocycles. The maximum Gasteiger partial charge on any atom is 0.126 e. The van der Waals surface area contributed by atoms with Crippen LogP contribution in [0.2, 0.25) is 5.02 Å². The van der Waals surface area contributed by atoms with E-state index in [2.05, 4.69) is 11.4 Å². The molecule has 102 valence electrons. The molecule has 4 heteroatoms. The van der Waals surface area contributed by atoms with Gasteiger partial charge in [0.05, 0.1) is 16.3 Å². The van der Waals surface area contributed by atoms with Crippen molar-refractivity contribution in [1.82, 2.24) is 0 Å². The fraction of sp³-hybridized carbons (Fsp3) is 0.188. The molecule has 0 bridgehead atoms. The van der Waals surface area contributed by atoms with E-state index in [0.717, 1.165) is 5.56 Å². The molecule has 1 unspecified atom stereocenters. The second-order valence-corrected chi connectivity index (χ2v) is 5.06. The topological polar surface area (TPSA) is 35.8 Å². The minimum atomic E-state index is -0.234. The minimum absolute atomic E-state index is 0.129. The van der Waals surface area contributed by atoms with Crippen molar-refractivity contribution in [3.63, 3.8) is 0 Å². The Bertz CT molecular complexity index is 677. The fourth-order valence-electron chi connectivity index (χ4n) is 1.95. The van der Waals surface area contributed by atoms with Crippen LogP contribution in [0.3, 0.4) is 0 Å². The molecule has 0 aliphatic heterocycles. The molecule has 0 heterocycles. The summed E-state index contributed by atoms with van der Waals surface area (Å²) in [5.74, 6) is -0.234. The van der Waals surface area contributed by atoms with Crippen LogP contribution in [0.15, 0.2) is 36.4 Å². The van der Waals surface area contributed by atoms with E-state index in [1.54, 1.807) is 31.2 Å². The van der Waals surface area contributed by atoms with E-state index in [4.69, 9.17) is 16.9 Å². The summed E-state index contributed by atoms with van der Waals surface area (Å²) < 4.78 is 13.6. The largest absolute Gasteiger partial charge is 0.377 e. The lowest BCUT2D eigenvalue weighted by Gasteiger charge is -2.17. The van der Waals surface area contributed by atoms with Gasteiger partial charge in [0.1, 0.15) is 11.9 Å². The Morgan fingerprint density at radius 2 is 2.05 bits per heavy atom. The zero-order valence-electron chi connectivity index (χ0n) is 11.2. The van der Waals surface area contributed by atoms with Gasteiger partial charge in [-0.1, -0.05) is 29.8 Å². The van der Waals surface area contributed by atoms with Gasteiger partial charge in [-0.15, -0.1) is 0 Å². The van der Waals surface area contributed by atoms with E-state index < -0.39 is 0 Å². The molecule has 0 amide bonds. The normalized spacial score (nSPS) is 11.8. The van der Waals surface area contributed by atoms with Crippen LogP contribution in [0.5, 0.6) is 0 Å². The standard InChI is InChI=1S/C16H14ClFN2/c1-10-6-7-12(8-15(10)18)11(2)20-16-5-3-4-14(17)13(16)9-19/h3-8,11,20H,1-2H3. The van der Waals surface area contributed by atoms with E-state index >= 15 is 0 Å². The van der Waals surface area contributed by atoms with Gasteiger partial charge < -0.3 is 5.32 Å². The summed E-state index contributed by atoms with van der Waals surface area (Å²) in [4.78, 5) is 0. The maximum atomic E-state index is 13.6. The Balaban J connectivity index is 2.28. The maximum absolute atomic E-state index is 13.6.